The minimum absolute atomic E-state index is 0.0842. The second-order valence-corrected chi connectivity index (χ2v) is 9.98. The monoisotopic (exact) mass is 328 g/mol. The fraction of sp³-hybridized carbons (Fsp3) is 0.826. The summed E-state index contributed by atoms with van der Waals surface area (Å²) in [5.74, 6) is 4.15. The maximum atomic E-state index is 10.1. The van der Waals surface area contributed by atoms with Gasteiger partial charge in [-0.2, -0.15) is 0 Å². The van der Waals surface area contributed by atoms with Crippen LogP contribution in [0.4, 0.5) is 0 Å². The SMILES string of the molecule is C=C[C@@H](C)[C@H]1CC[C@H]2[C@@H]3CC=C4C[C@@H](O)CC[C@]4(C)[C@H]3CC[C@]12C. The fourth-order valence-electron chi connectivity index (χ4n) is 7.71. The van der Waals surface area contributed by atoms with Crippen molar-refractivity contribution < 1.29 is 5.11 Å². The fourth-order valence-corrected chi connectivity index (χ4v) is 7.71. The molecule has 0 unspecified atom stereocenters. The maximum Gasteiger partial charge on any atom is 0.0577 e. The first-order valence-corrected chi connectivity index (χ1v) is 10.4. The van der Waals surface area contributed by atoms with Gasteiger partial charge in [0.05, 0.1) is 6.10 Å². The van der Waals surface area contributed by atoms with Crippen molar-refractivity contribution in [2.45, 2.75) is 78.2 Å². The molecule has 0 aliphatic heterocycles. The van der Waals surface area contributed by atoms with Gasteiger partial charge in [-0.05, 0) is 91.8 Å². The number of rotatable bonds is 2. The molecule has 4 aliphatic carbocycles. The Kier molecular flexibility index (Phi) is 4.03. The molecule has 4 rings (SSSR count). The maximum absolute atomic E-state index is 10.1. The van der Waals surface area contributed by atoms with Crippen molar-refractivity contribution in [1.82, 2.24) is 0 Å². The van der Waals surface area contributed by atoms with Gasteiger partial charge < -0.3 is 5.11 Å². The number of hydrogen-bond donors (Lipinski definition) is 1. The van der Waals surface area contributed by atoms with E-state index in [0.29, 0.717) is 16.7 Å². The zero-order valence-corrected chi connectivity index (χ0v) is 15.9. The molecule has 0 saturated heterocycles. The summed E-state index contributed by atoms with van der Waals surface area (Å²) in [6.45, 7) is 11.6. The molecule has 24 heavy (non-hydrogen) atoms. The van der Waals surface area contributed by atoms with Crippen molar-refractivity contribution in [2.75, 3.05) is 0 Å². The summed E-state index contributed by atoms with van der Waals surface area (Å²) in [6.07, 6.45) is 14.8. The molecule has 1 heteroatoms. The molecule has 1 nitrogen and oxygen atoms in total. The van der Waals surface area contributed by atoms with E-state index in [-0.39, 0.29) is 6.10 Å². The molecular formula is C23H36O. The van der Waals surface area contributed by atoms with E-state index < -0.39 is 0 Å². The van der Waals surface area contributed by atoms with E-state index in [2.05, 4.69) is 39.5 Å². The zero-order valence-electron chi connectivity index (χ0n) is 15.9. The molecule has 0 aromatic rings. The Hall–Kier alpha value is -0.560. The van der Waals surface area contributed by atoms with E-state index in [9.17, 15) is 5.11 Å². The van der Waals surface area contributed by atoms with E-state index in [1.165, 1.54) is 38.5 Å². The summed E-state index contributed by atoms with van der Waals surface area (Å²) in [6, 6.07) is 0. The van der Waals surface area contributed by atoms with Crippen LogP contribution < -0.4 is 0 Å². The van der Waals surface area contributed by atoms with Crippen LogP contribution in [0.15, 0.2) is 24.3 Å². The van der Waals surface area contributed by atoms with Crippen molar-refractivity contribution >= 4 is 0 Å². The Morgan fingerprint density at radius 1 is 1.17 bits per heavy atom. The van der Waals surface area contributed by atoms with Crippen molar-refractivity contribution in [2.24, 2.45) is 40.4 Å². The minimum atomic E-state index is -0.0842. The standard InChI is InChI=1S/C23H36O/c1-5-15(2)19-8-9-20-18-7-6-16-14-17(24)10-12-22(16,3)21(18)11-13-23(19,20)4/h5-6,15,17-21,24H,1,7-14H2,2-4H3/t15-,17+,18+,19-,20+,21+,22+,23-/m1/s1. The average molecular weight is 329 g/mol. The van der Waals surface area contributed by atoms with Crippen molar-refractivity contribution in [3.63, 3.8) is 0 Å². The number of hydrogen-bond acceptors (Lipinski definition) is 1. The molecule has 134 valence electrons. The van der Waals surface area contributed by atoms with Gasteiger partial charge in [0.2, 0.25) is 0 Å². The van der Waals surface area contributed by atoms with Gasteiger partial charge >= 0.3 is 0 Å². The molecule has 0 radical (unpaired) electrons. The van der Waals surface area contributed by atoms with Crippen LogP contribution in [0.5, 0.6) is 0 Å². The molecule has 0 aromatic heterocycles. The van der Waals surface area contributed by atoms with Crippen LogP contribution in [-0.2, 0) is 0 Å². The minimum Gasteiger partial charge on any atom is -0.393 e. The van der Waals surface area contributed by atoms with E-state index >= 15 is 0 Å². The largest absolute Gasteiger partial charge is 0.393 e. The molecule has 3 saturated carbocycles. The van der Waals surface area contributed by atoms with Crippen molar-refractivity contribution in [3.05, 3.63) is 24.3 Å². The summed E-state index contributed by atoms with van der Waals surface area (Å²) >= 11 is 0. The third kappa shape index (κ3) is 2.23. The van der Waals surface area contributed by atoms with E-state index in [1.54, 1.807) is 5.57 Å². The smallest absolute Gasteiger partial charge is 0.0577 e. The Bertz CT molecular complexity index is 548. The zero-order chi connectivity index (χ0) is 17.1. The highest BCUT2D eigenvalue weighted by Gasteiger charge is 2.58. The molecule has 0 bridgehead atoms. The van der Waals surface area contributed by atoms with Crippen LogP contribution in [0.2, 0.25) is 0 Å². The molecule has 0 aromatic carbocycles. The average Bonchev–Trinajstić information content (AvgIpc) is 2.92. The van der Waals surface area contributed by atoms with Crippen LogP contribution >= 0.6 is 0 Å². The number of fused-ring (bicyclic) bond motifs is 5. The van der Waals surface area contributed by atoms with Gasteiger partial charge in [-0.15, -0.1) is 6.58 Å². The predicted molar refractivity (Wildman–Crippen MR) is 101 cm³/mol. The second-order valence-electron chi connectivity index (χ2n) is 9.98. The van der Waals surface area contributed by atoms with Gasteiger partial charge in [-0.25, -0.2) is 0 Å². The second kappa shape index (κ2) is 5.73. The van der Waals surface area contributed by atoms with Crippen molar-refractivity contribution in [1.29, 1.82) is 0 Å². The van der Waals surface area contributed by atoms with Gasteiger partial charge in [0.1, 0.15) is 0 Å². The highest BCUT2D eigenvalue weighted by atomic mass is 16.3. The van der Waals surface area contributed by atoms with E-state index in [1.807, 2.05) is 0 Å². The van der Waals surface area contributed by atoms with Crippen molar-refractivity contribution in [3.8, 4) is 0 Å². The van der Waals surface area contributed by atoms with Gasteiger partial charge in [0.25, 0.3) is 0 Å². The molecule has 0 amide bonds. The summed E-state index contributed by atoms with van der Waals surface area (Å²) < 4.78 is 0. The molecule has 1 N–H and O–H groups in total. The van der Waals surface area contributed by atoms with Gasteiger partial charge in [0.15, 0.2) is 0 Å². The lowest BCUT2D eigenvalue weighted by Crippen LogP contribution is -2.50. The van der Waals surface area contributed by atoms with Gasteiger partial charge in [-0.3, -0.25) is 0 Å². The molecule has 0 heterocycles. The number of aliphatic hydroxyl groups excluding tert-OH is 1. The van der Waals surface area contributed by atoms with E-state index in [0.717, 1.165) is 36.5 Å². The van der Waals surface area contributed by atoms with Crippen LogP contribution in [0.25, 0.3) is 0 Å². The Morgan fingerprint density at radius 3 is 2.71 bits per heavy atom. The molecule has 0 spiro atoms. The highest BCUT2D eigenvalue weighted by molar-refractivity contribution is 5.25. The topological polar surface area (TPSA) is 20.2 Å². The summed E-state index contributed by atoms with van der Waals surface area (Å²) in [7, 11) is 0. The van der Waals surface area contributed by atoms with Gasteiger partial charge in [-0.1, -0.05) is 38.5 Å². The number of aliphatic hydroxyl groups is 1. The molecule has 4 aliphatic rings. The Morgan fingerprint density at radius 2 is 1.96 bits per heavy atom. The lowest BCUT2D eigenvalue weighted by Gasteiger charge is -2.58. The van der Waals surface area contributed by atoms with Crippen LogP contribution in [-0.4, -0.2) is 11.2 Å². The van der Waals surface area contributed by atoms with Crippen LogP contribution in [0, 0.1) is 40.4 Å². The Balaban J connectivity index is 1.64. The van der Waals surface area contributed by atoms with Crippen LogP contribution in [0.1, 0.15) is 72.1 Å². The molecule has 8 atom stereocenters. The van der Waals surface area contributed by atoms with E-state index in [4.69, 9.17) is 0 Å². The predicted octanol–water partition coefficient (Wildman–Crippen LogP) is 5.75. The Labute approximate surface area is 148 Å². The quantitative estimate of drug-likeness (QED) is 0.640. The highest BCUT2D eigenvalue weighted by Crippen LogP contribution is 2.67. The summed E-state index contributed by atoms with van der Waals surface area (Å²) in [5.41, 5.74) is 2.51. The van der Waals surface area contributed by atoms with Crippen LogP contribution in [0.3, 0.4) is 0 Å². The summed E-state index contributed by atoms with van der Waals surface area (Å²) in [4.78, 5) is 0. The normalized spacial score (nSPS) is 51.8. The number of allylic oxidation sites excluding steroid dienone is 2. The molecular weight excluding hydrogens is 292 g/mol. The van der Waals surface area contributed by atoms with Gasteiger partial charge in [0, 0.05) is 0 Å². The third-order valence-corrected chi connectivity index (χ3v) is 9.16. The first-order chi connectivity index (χ1) is 11.4. The molecule has 3 fully saturated rings. The lowest BCUT2D eigenvalue weighted by atomic mass is 9.47. The third-order valence-electron chi connectivity index (χ3n) is 9.16. The summed E-state index contributed by atoms with van der Waals surface area (Å²) in [5, 5.41) is 10.1. The first kappa shape index (κ1) is 16.9. The first-order valence-electron chi connectivity index (χ1n) is 10.4. The lowest BCUT2D eigenvalue weighted by molar-refractivity contribution is -0.0540.